The molecule has 9 amide bonds. The third-order valence-corrected chi connectivity index (χ3v) is 22.2. The van der Waals surface area contributed by atoms with Gasteiger partial charge in [0.2, 0.25) is 59.3 Å². The average Bonchev–Trinajstić information content (AvgIpc) is 0.763. The molecule has 6 aromatic carbocycles. The highest BCUT2D eigenvalue weighted by Crippen LogP contribution is 2.50. The SMILES string of the molecule is CNC(CC(C)C)C(=O)NC1C(=O)NC(CC(N)=O)C(=O)NC2C(=O)NC3C(=O)NC(C(=O)N[C@@H](C(=O)NOC)c4cc(O)cc(O)c4-c4cc3ccc4O)C(O)c3ccc(c(Cl)c3)Oc3cc2cc(c3OC2OC(CO)C(O)C(O)C2OC2C[C@@](C)(NCCn3ccc(NC(=O)Cc4ccc(Cl)c(F)c4)nc3=O)C(O)C(C)O2)Oc2ccc(cc2Cl)C1O. The van der Waals surface area contributed by atoms with E-state index in [2.05, 4.69) is 58.3 Å². The molecule has 7 aliphatic heterocycles. The lowest BCUT2D eigenvalue weighted by Crippen LogP contribution is -2.65. The predicted octanol–water partition coefficient (Wildman–Crippen LogP) is 1.56. The van der Waals surface area contributed by atoms with Crippen LogP contribution in [-0.2, 0) is 75.2 Å². The number of nitrogens with one attached hydrogen (secondary N) is 10. The average molecular weight is 1790 g/mol. The van der Waals surface area contributed by atoms with Crippen LogP contribution in [0.3, 0.4) is 0 Å². The van der Waals surface area contributed by atoms with E-state index in [0.717, 1.165) is 79.9 Å². The third-order valence-electron chi connectivity index (χ3n) is 21.3. The zero-order chi connectivity index (χ0) is 89.8. The molecule has 0 aliphatic carbocycles. The molecule has 43 heteroatoms. The van der Waals surface area contributed by atoms with Gasteiger partial charge in [-0.05, 0) is 139 Å². The monoisotopic (exact) mass is 1780 g/mol. The summed E-state index contributed by atoms with van der Waals surface area (Å²) in [6, 6.07) is 4.64. The molecule has 11 bridgehead atoms. The molecule has 21 N–H and O–H groups in total. The Morgan fingerprint density at radius 3 is 2.01 bits per heavy atom. The van der Waals surface area contributed by atoms with Crippen LogP contribution < -0.4 is 79.0 Å². The number of primary amides is 1. The molecular formula is C81H89Cl3FN13O26. The number of nitrogens with two attached hydrogens (primary N) is 1. The van der Waals surface area contributed by atoms with Crippen molar-refractivity contribution < 1.29 is 127 Å². The van der Waals surface area contributed by atoms with Crippen LogP contribution in [0.25, 0.3) is 11.1 Å². The molecular weight excluding hydrogens is 1700 g/mol. The number of aromatic nitrogens is 2. The van der Waals surface area contributed by atoms with Crippen LogP contribution >= 0.6 is 34.8 Å². The van der Waals surface area contributed by atoms with Gasteiger partial charge in [-0.25, -0.2) is 14.7 Å². The zero-order valence-electron chi connectivity index (χ0n) is 66.7. The van der Waals surface area contributed by atoms with Crippen LogP contribution in [-0.4, -0.2) is 215 Å². The Balaban J connectivity index is 0.997. The number of halogens is 4. The fourth-order valence-electron chi connectivity index (χ4n) is 15.0. The van der Waals surface area contributed by atoms with E-state index in [0.29, 0.717) is 5.56 Å². The molecule has 14 rings (SSSR count). The topological polar surface area (TPSA) is 582 Å². The van der Waals surface area contributed by atoms with E-state index in [-0.39, 0.29) is 71.6 Å². The number of fused-ring (bicyclic) bond motifs is 15. The molecule has 18 atom stereocenters. The summed E-state index contributed by atoms with van der Waals surface area (Å²) in [5, 5.41) is 129. The minimum Gasteiger partial charge on any atom is -0.508 e. The number of nitrogens with zero attached hydrogens (tertiary/aromatic N) is 2. The van der Waals surface area contributed by atoms with Gasteiger partial charge in [0.1, 0.15) is 107 Å². The second-order valence-corrected chi connectivity index (χ2v) is 31.9. The molecule has 662 valence electrons. The number of phenols is 3. The highest BCUT2D eigenvalue weighted by Gasteiger charge is 2.52. The van der Waals surface area contributed by atoms with Gasteiger partial charge >= 0.3 is 5.69 Å². The second kappa shape index (κ2) is 38.8. The van der Waals surface area contributed by atoms with E-state index in [4.69, 9.17) is 73.8 Å². The van der Waals surface area contributed by atoms with Crippen molar-refractivity contribution in [2.45, 2.75) is 169 Å². The quantitative estimate of drug-likeness (QED) is 0.0454. The van der Waals surface area contributed by atoms with Crippen LogP contribution in [0.2, 0.25) is 15.1 Å². The van der Waals surface area contributed by atoms with Gasteiger partial charge in [0, 0.05) is 48.4 Å². The number of amides is 9. The number of hydrogen-bond donors (Lipinski definition) is 20. The van der Waals surface area contributed by atoms with Gasteiger partial charge in [0.15, 0.2) is 23.9 Å². The molecule has 7 aliphatic rings. The van der Waals surface area contributed by atoms with E-state index >= 15 is 24.0 Å². The molecule has 39 nitrogen and oxygen atoms in total. The van der Waals surface area contributed by atoms with Crippen molar-refractivity contribution >= 4 is 93.8 Å². The Hall–Kier alpha value is -11.5. The highest BCUT2D eigenvalue weighted by atomic mass is 35.5. The Kier molecular flexibility index (Phi) is 28.7. The fourth-order valence-corrected chi connectivity index (χ4v) is 15.5. The number of ether oxygens (including phenoxy) is 6. The van der Waals surface area contributed by atoms with Crippen molar-refractivity contribution in [1.29, 1.82) is 0 Å². The van der Waals surface area contributed by atoms with E-state index in [9.17, 15) is 74.3 Å². The number of aromatic hydroxyl groups is 3. The number of likely N-dealkylation sites (N-methyl/N-ethyl adjacent to an activating group) is 1. The van der Waals surface area contributed by atoms with Gasteiger partial charge in [-0.2, -0.15) is 4.98 Å². The van der Waals surface area contributed by atoms with Gasteiger partial charge in [0.05, 0.1) is 59.9 Å². The van der Waals surface area contributed by atoms with Crippen LogP contribution in [0, 0.1) is 11.7 Å². The predicted molar refractivity (Wildman–Crippen MR) is 433 cm³/mol. The number of aliphatic hydroxyl groups excluding tert-OH is 6. The van der Waals surface area contributed by atoms with E-state index < -0.39 is 259 Å². The summed E-state index contributed by atoms with van der Waals surface area (Å²) in [6.07, 6.45) is -18.6. The summed E-state index contributed by atoms with van der Waals surface area (Å²) in [4.78, 5) is 155. The lowest BCUT2D eigenvalue weighted by molar-refractivity contribution is -0.334. The summed E-state index contributed by atoms with van der Waals surface area (Å²) in [7, 11) is 2.49. The first-order valence-corrected chi connectivity index (χ1v) is 39.8. The maximum Gasteiger partial charge on any atom is 0.349 e. The third kappa shape index (κ3) is 20.5. The molecule has 1 aromatic heterocycles. The number of carbonyl (C=O) groups is 9. The van der Waals surface area contributed by atoms with Crippen LogP contribution in [0.15, 0.2) is 114 Å². The summed E-state index contributed by atoms with van der Waals surface area (Å²) in [6.45, 7) is 5.49. The molecule has 0 spiro atoms. The van der Waals surface area contributed by atoms with Gasteiger partial charge < -0.3 is 128 Å². The number of carbonyl (C=O) groups excluding carboxylic acids is 9. The molecule has 2 fully saturated rings. The van der Waals surface area contributed by atoms with E-state index in [1.165, 1.54) is 55.1 Å². The molecule has 2 saturated heterocycles. The summed E-state index contributed by atoms with van der Waals surface area (Å²) < 4.78 is 54.6. The van der Waals surface area contributed by atoms with Gasteiger partial charge in [-0.1, -0.05) is 72.9 Å². The molecule has 7 aromatic rings. The van der Waals surface area contributed by atoms with Crippen molar-refractivity contribution in [2.75, 3.05) is 32.6 Å². The van der Waals surface area contributed by atoms with E-state index in [1.807, 2.05) is 13.8 Å². The van der Waals surface area contributed by atoms with E-state index in [1.54, 1.807) is 6.92 Å². The highest BCUT2D eigenvalue weighted by molar-refractivity contribution is 6.32. The standard InChI is InChI=1S/C81H89Cl3FN13O26/c1-32(2)19-46(87-5)72(110)95-63-65(105)36-9-13-50(43(83)23-36)120-52-25-38-26-53(69(52)124-79-70(68(108)67(107)54(31-99)122-79)123-58-30-81(4,71(109)33(3)119-58)88-16-18-98-17-15-56(91-80(98)117)90-57(104)21-34-7-11-42(82)45(85)20-34)121-51-14-10-37(24-44(51)84)66(106)64-77(115)94-62(78(116)97-118-6)41-27-39(100)28-49(102)59(41)40-22-35(8-12-48(40)101)60(74(112)96-64)93-75(113)61(38)92-73(111)47(29-55(86)103)89-76(63)114/h7-15,17,20,22-28,32-33,46-47,54,58,60-68,70-71,79,87-88,99-102,105-109H,16,18-19,21,29-31H2,1-6H3,(H2,86,103)(H,89,114)(H,92,111)(H,93,113)(H,94,115)(H,95,110)(H,96,112)(H,97,116)(H,90,91,104,117)/t33?,46?,47?,54?,58?,60?,61?,62-,63?,64?,65?,66?,67?,68?,70?,71?,79?,81-/m1/s1. The number of hydroxylamine groups is 1. The van der Waals surface area contributed by atoms with Crippen LogP contribution in [0.1, 0.15) is 111 Å². The normalized spacial score (nSPS) is 26.1. The second-order valence-electron chi connectivity index (χ2n) is 30.6. The lowest BCUT2D eigenvalue weighted by atomic mass is 9.85. The lowest BCUT2D eigenvalue weighted by Gasteiger charge is -2.48. The zero-order valence-corrected chi connectivity index (χ0v) is 69.0. The van der Waals surface area contributed by atoms with Crippen molar-refractivity contribution in [3.63, 3.8) is 0 Å². The number of rotatable bonds is 21. The summed E-state index contributed by atoms with van der Waals surface area (Å²) in [5.41, 5.74) is 3.21. The largest absolute Gasteiger partial charge is 0.508 e. The summed E-state index contributed by atoms with van der Waals surface area (Å²) >= 11 is 20.1. The maximum atomic E-state index is 16.3. The Morgan fingerprint density at radius 2 is 1.38 bits per heavy atom. The molecule has 0 saturated carbocycles. The summed E-state index contributed by atoms with van der Waals surface area (Å²) in [5.74, 6) is -17.0. The van der Waals surface area contributed by atoms with Crippen LogP contribution in [0.5, 0.6) is 46.0 Å². The van der Waals surface area contributed by atoms with Crippen molar-refractivity contribution in [3.8, 4) is 57.1 Å². The van der Waals surface area contributed by atoms with Gasteiger partial charge in [0.25, 0.3) is 5.91 Å². The molecule has 16 unspecified atom stereocenters. The first-order chi connectivity index (χ1) is 58.8. The Bertz CT molecular complexity index is 5350. The number of aliphatic hydroxyl groups is 6. The fraction of sp³-hybridized carbons (Fsp3) is 0.395. The van der Waals surface area contributed by atoms with Crippen molar-refractivity contribution in [3.05, 3.63) is 174 Å². The number of hydrogen-bond acceptors (Lipinski definition) is 29. The first kappa shape index (κ1) is 91.7. The first-order valence-electron chi connectivity index (χ1n) is 38.7. The number of anilines is 1. The minimum absolute atomic E-state index is 0.0626. The molecule has 0 radical (unpaired) electrons. The van der Waals surface area contributed by atoms with Gasteiger partial charge in [-0.15, -0.1) is 0 Å². The maximum absolute atomic E-state index is 16.3. The van der Waals surface area contributed by atoms with Crippen LogP contribution in [0.4, 0.5) is 10.2 Å². The molecule has 124 heavy (non-hydrogen) atoms. The Labute approximate surface area is 719 Å². The smallest absolute Gasteiger partial charge is 0.349 e. The van der Waals surface area contributed by atoms with Gasteiger partial charge in [-0.3, -0.25) is 52.6 Å². The van der Waals surface area contributed by atoms with Crippen molar-refractivity contribution in [2.24, 2.45) is 11.7 Å². The number of phenolic OH excluding ortho intramolecular Hbond substituents is 3. The Morgan fingerprint density at radius 1 is 0.726 bits per heavy atom. The van der Waals surface area contributed by atoms with Crippen molar-refractivity contribution in [1.82, 2.24) is 57.6 Å². The minimum atomic E-state index is -2.40. The molecule has 8 heterocycles. The number of benzene rings is 6.